The van der Waals surface area contributed by atoms with E-state index in [1.54, 1.807) is 30.3 Å². The number of anilines is 1. The van der Waals surface area contributed by atoms with Crippen molar-refractivity contribution in [1.82, 2.24) is 15.0 Å². The largest absolute Gasteiger partial charge is 0.508 e. The molecule has 0 unspecified atom stereocenters. The Kier molecular flexibility index (Phi) is 5.01. The van der Waals surface area contributed by atoms with E-state index in [-0.39, 0.29) is 17.4 Å². The monoisotopic (exact) mass is 360 g/mol. The molecule has 0 bridgehead atoms. The minimum absolute atomic E-state index is 0.0259. The predicted molar refractivity (Wildman–Crippen MR) is 90.6 cm³/mol. The molecule has 8 heteroatoms. The van der Waals surface area contributed by atoms with Gasteiger partial charge in [0.15, 0.2) is 11.5 Å². The van der Waals surface area contributed by atoms with Crippen molar-refractivity contribution in [1.29, 1.82) is 0 Å². The lowest BCUT2D eigenvalue weighted by Gasteiger charge is -2.12. The molecule has 2 heterocycles. The Bertz CT molecular complexity index is 885. The Hall–Kier alpha value is -3.16. The first-order valence-corrected chi connectivity index (χ1v) is 7.80. The van der Waals surface area contributed by atoms with Crippen LogP contribution in [0.4, 0.5) is 19.0 Å². The molecule has 0 radical (unpaired) electrons. The molecule has 0 aliphatic heterocycles. The fraction of sp³-hybridized carbons (Fsp3) is 0.167. The van der Waals surface area contributed by atoms with Crippen LogP contribution in [0, 0.1) is 0 Å². The number of alkyl halides is 3. The van der Waals surface area contributed by atoms with Crippen molar-refractivity contribution in [3.8, 4) is 17.1 Å². The van der Waals surface area contributed by atoms with Crippen molar-refractivity contribution >= 4 is 5.82 Å². The van der Waals surface area contributed by atoms with Crippen molar-refractivity contribution in [2.24, 2.45) is 0 Å². The van der Waals surface area contributed by atoms with Crippen molar-refractivity contribution in [2.45, 2.75) is 12.6 Å². The summed E-state index contributed by atoms with van der Waals surface area (Å²) in [5.74, 6) is 0.199. The topological polar surface area (TPSA) is 70.9 Å². The molecule has 0 fully saturated rings. The summed E-state index contributed by atoms with van der Waals surface area (Å²) in [5, 5.41) is 12.3. The van der Waals surface area contributed by atoms with Crippen LogP contribution in [-0.4, -0.2) is 26.6 Å². The van der Waals surface area contributed by atoms with Crippen LogP contribution >= 0.6 is 0 Å². The van der Waals surface area contributed by atoms with Gasteiger partial charge in [-0.2, -0.15) is 13.2 Å². The van der Waals surface area contributed by atoms with Gasteiger partial charge in [0.2, 0.25) is 0 Å². The summed E-state index contributed by atoms with van der Waals surface area (Å²) >= 11 is 0. The Labute approximate surface area is 147 Å². The molecule has 5 nitrogen and oxygen atoms in total. The second-order valence-electron chi connectivity index (χ2n) is 5.54. The second kappa shape index (κ2) is 7.38. The lowest BCUT2D eigenvalue weighted by atomic mass is 10.1. The van der Waals surface area contributed by atoms with Gasteiger partial charge in [0.1, 0.15) is 11.6 Å². The predicted octanol–water partition coefficient (Wildman–Crippen LogP) is 3.92. The molecule has 0 atom stereocenters. The molecule has 3 rings (SSSR count). The number of hydrogen-bond donors (Lipinski definition) is 2. The maximum Gasteiger partial charge on any atom is 0.433 e. The molecule has 0 saturated carbocycles. The van der Waals surface area contributed by atoms with Crippen LogP contribution in [0.2, 0.25) is 0 Å². The number of phenolic OH excluding ortho intramolecular Hbond substituents is 1. The number of pyridine rings is 1. The maximum absolute atomic E-state index is 13.1. The van der Waals surface area contributed by atoms with Gasteiger partial charge >= 0.3 is 6.18 Å². The van der Waals surface area contributed by atoms with Gasteiger partial charge in [-0.25, -0.2) is 9.97 Å². The summed E-state index contributed by atoms with van der Waals surface area (Å²) in [6.07, 6.45) is -1.13. The van der Waals surface area contributed by atoms with Crippen LogP contribution in [0.5, 0.6) is 5.75 Å². The minimum Gasteiger partial charge on any atom is -0.508 e. The zero-order valence-electron chi connectivity index (χ0n) is 13.5. The van der Waals surface area contributed by atoms with Crippen LogP contribution in [0.3, 0.4) is 0 Å². The Balaban J connectivity index is 1.81. The molecule has 26 heavy (non-hydrogen) atoms. The molecular formula is C18H15F3N4O. The molecule has 0 spiro atoms. The van der Waals surface area contributed by atoms with E-state index in [2.05, 4.69) is 20.3 Å². The zero-order valence-corrected chi connectivity index (χ0v) is 13.5. The number of benzene rings is 1. The van der Waals surface area contributed by atoms with E-state index in [0.717, 1.165) is 11.6 Å². The van der Waals surface area contributed by atoms with Gasteiger partial charge in [-0.3, -0.25) is 4.98 Å². The van der Waals surface area contributed by atoms with E-state index in [1.807, 2.05) is 6.07 Å². The molecule has 3 aromatic rings. The Morgan fingerprint density at radius 3 is 2.46 bits per heavy atom. The zero-order chi connectivity index (χ0) is 18.6. The summed E-state index contributed by atoms with van der Waals surface area (Å²) in [5.41, 5.74) is 0.290. The molecule has 0 amide bonds. The van der Waals surface area contributed by atoms with Crippen molar-refractivity contribution in [3.63, 3.8) is 0 Å². The number of nitrogens with one attached hydrogen (secondary N) is 1. The number of aromatic nitrogens is 3. The highest BCUT2D eigenvalue weighted by molar-refractivity contribution is 5.57. The number of hydrogen-bond acceptors (Lipinski definition) is 5. The second-order valence-corrected chi connectivity index (χ2v) is 5.54. The first-order valence-electron chi connectivity index (χ1n) is 7.80. The van der Waals surface area contributed by atoms with Crippen LogP contribution in [-0.2, 0) is 12.6 Å². The SMILES string of the molecule is Oc1cccc(CCNc2cc(C(F)(F)F)nc(-c3ccncc3)n2)c1. The average Bonchev–Trinajstić information content (AvgIpc) is 2.62. The van der Waals surface area contributed by atoms with Gasteiger partial charge in [-0.1, -0.05) is 12.1 Å². The maximum atomic E-state index is 13.1. The fourth-order valence-electron chi connectivity index (χ4n) is 2.36. The molecule has 134 valence electrons. The first-order chi connectivity index (χ1) is 12.4. The van der Waals surface area contributed by atoms with Gasteiger partial charge in [-0.15, -0.1) is 0 Å². The van der Waals surface area contributed by atoms with E-state index in [9.17, 15) is 18.3 Å². The summed E-state index contributed by atoms with van der Waals surface area (Å²) < 4.78 is 39.4. The van der Waals surface area contributed by atoms with E-state index >= 15 is 0 Å². The molecule has 0 aliphatic carbocycles. The molecule has 2 aromatic heterocycles. The van der Waals surface area contributed by atoms with Crippen LogP contribution in [0.1, 0.15) is 11.3 Å². The number of phenols is 1. The quantitative estimate of drug-likeness (QED) is 0.722. The van der Waals surface area contributed by atoms with E-state index in [0.29, 0.717) is 18.5 Å². The first kappa shape index (κ1) is 17.7. The van der Waals surface area contributed by atoms with Gasteiger partial charge in [0.25, 0.3) is 0 Å². The summed E-state index contributed by atoms with van der Waals surface area (Å²) in [6.45, 7) is 0.355. The molecule has 2 N–H and O–H groups in total. The number of rotatable bonds is 5. The summed E-state index contributed by atoms with van der Waals surface area (Å²) in [6, 6.07) is 10.7. The van der Waals surface area contributed by atoms with Crippen LogP contribution in [0.15, 0.2) is 54.9 Å². The fourth-order valence-corrected chi connectivity index (χ4v) is 2.36. The van der Waals surface area contributed by atoms with E-state index in [4.69, 9.17) is 0 Å². The van der Waals surface area contributed by atoms with Crippen LogP contribution in [0.25, 0.3) is 11.4 Å². The highest BCUT2D eigenvalue weighted by Crippen LogP contribution is 2.30. The summed E-state index contributed by atoms with van der Waals surface area (Å²) in [4.78, 5) is 11.6. The Morgan fingerprint density at radius 2 is 1.77 bits per heavy atom. The van der Waals surface area contributed by atoms with E-state index < -0.39 is 11.9 Å². The van der Waals surface area contributed by atoms with Crippen molar-refractivity contribution in [2.75, 3.05) is 11.9 Å². The van der Waals surface area contributed by atoms with Gasteiger partial charge in [0.05, 0.1) is 0 Å². The van der Waals surface area contributed by atoms with Gasteiger partial charge in [0, 0.05) is 30.6 Å². The summed E-state index contributed by atoms with van der Waals surface area (Å²) in [7, 11) is 0. The smallest absolute Gasteiger partial charge is 0.433 e. The van der Waals surface area contributed by atoms with Crippen molar-refractivity contribution < 1.29 is 18.3 Å². The standard InChI is InChI=1S/C18H15F3N4O/c19-18(20,21)15-11-16(23-9-4-12-2-1-3-14(26)10-12)25-17(24-15)13-5-7-22-8-6-13/h1-3,5-8,10-11,26H,4,9H2,(H,23,24,25). The highest BCUT2D eigenvalue weighted by Gasteiger charge is 2.33. The lowest BCUT2D eigenvalue weighted by Crippen LogP contribution is -2.13. The Morgan fingerprint density at radius 1 is 1.00 bits per heavy atom. The molecule has 0 aliphatic rings. The number of aromatic hydroxyl groups is 1. The van der Waals surface area contributed by atoms with Crippen LogP contribution < -0.4 is 5.32 Å². The third-order valence-corrected chi connectivity index (χ3v) is 3.59. The molecule has 0 saturated heterocycles. The normalized spacial score (nSPS) is 11.3. The third-order valence-electron chi connectivity index (χ3n) is 3.59. The third kappa shape index (κ3) is 4.47. The van der Waals surface area contributed by atoms with Gasteiger partial charge in [-0.05, 0) is 36.2 Å². The highest BCUT2D eigenvalue weighted by atomic mass is 19.4. The number of halogens is 3. The van der Waals surface area contributed by atoms with E-state index in [1.165, 1.54) is 12.4 Å². The number of nitrogens with zero attached hydrogens (tertiary/aromatic N) is 3. The van der Waals surface area contributed by atoms with Gasteiger partial charge < -0.3 is 10.4 Å². The minimum atomic E-state index is -4.58. The molecular weight excluding hydrogens is 345 g/mol. The van der Waals surface area contributed by atoms with Crippen molar-refractivity contribution in [3.05, 3.63) is 66.1 Å². The average molecular weight is 360 g/mol. The lowest BCUT2D eigenvalue weighted by molar-refractivity contribution is -0.141. The molecule has 1 aromatic carbocycles.